The van der Waals surface area contributed by atoms with Crippen molar-refractivity contribution in [1.82, 2.24) is 4.98 Å². The lowest BCUT2D eigenvalue weighted by molar-refractivity contribution is 0.164. The maximum absolute atomic E-state index is 9.64. The minimum Gasteiger partial charge on any atom is -0.391 e. The van der Waals surface area contributed by atoms with E-state index in [2.05, 4.69) is 26.2 Å². The van der Waals surface area contributed by atoms with E-state index in [4.69, 9.17) is 0 Å². The molecule has 4 heteroatoms. The first-order chi connectivity index (χ1) is 6.77. The Morgan fingerprint density at radius 2 is 2.43 bits per heavy atom. The average Bonchev–Trinajstić information content (AvgIpc) is 2.99. The summed E-state index contributed by atoms with van der Waals surface area (Å²) in [6.45, 7) is 0.584. The van der Waals surface area contributed by atoms with Crippen LogP contribution in [-0.4, -0.2) is 22.7 Å². The largest absolute Gasteiger partial charge is 0.391 e. The summed E-state index contributed by atoms with van der Waals surface area (Å²) < 4.78 is 0.933. The van der Waals surface area contributed by atoms with E-state index in [-0.39, 0.29) is 6.10 Å². The second-order valence-electron chi connectivity index (χ2n) is 3.62. The van der Waals surface area contributed by atoms with E-state index in [1.54, 1.807) is 6.20 Å². The molecule has 1 unspecified atom stereocenters. The summed E-state index contributed by atoms with van der Waals surface area (Å²) in [6, 6.07) is 3.80. The quantitative estimate of drug-likeness (QED) is 0.867. The molecule has 1 fully saturated rings. The van der Waals surface area contributed by atoms with Gasteiger partial charge in [0.2, 0.25) is 0 Å². The number of rotatable bonds is 4. The number of aliphatic hydroxyl groups excluding tert-OH is 1. The highest BCUT2D eigenvalue weighted by molar-refractivity contribution is 9.10. The molecule has 0 radical (unpaired) electrons. The molecule has 0 spiro atoms. The molecule has 1 aliphatic carbocycles. The predicted molar refractivity (Wildman–Crippen MR) is 59.2 cm³/mol. The molecule has 0 amide bonds. The topological polar surface area (TPSA) is 45.1 Å². The average molecular weight is 257 g/mol. The smallest absolute Gasteiger partial charge is 0.140 e. The number of halogens is 1. The first-order valence-electron chi connectivity index (χ1n) is 4.80. The van der Waals surface area contributed by atoms with E-state index in [0.29, 0.717) is 12.5 Å². The van der Waals surface area contributed by atoms with Crippen LogP contribution in [0.2, 0.25) is 0 Å². The number of aromatic nitrogens is 1. The van der Waals surface area contributed by atoms with Crippen LogP contribution >= 0.6 is 15.9 Å². The summed E-state index contributed by atoms with van der Waals surface area (Å²) in [7, 11) is 0. The minimum absolute atomic E-state index is 0.232. The molecule has 0 saturated heterocycles. The van der Waals surface area contributed by atoms with Gasteiger partial charge in [-0.05, 0) is 46.8 Å². The summed E-state index contributed by atoms with van der Waals surface area (Å²) in [4.78, 5) is 4.16. The number of hydrogen-bond donors (Lipinski definition) is 2. The Kier molecular flexibility index (Phi) is 3.03. The Morgan fingerprint density at radius 3 is 3.07 bits per heavy atom. The molecule has 1 aromatic heterocycles. The second kappa shape index (κ2) is 4.28. The lowest BCUT2D eigenvalue weighted by Gasteiger charge is -2.11. The molecule has 1 atom stereocenters. The van der Waals surface area contributed by atoms with Crippen molar-refractivity contribution in [2.75, 3.05) is 11.9 Å². The van der Waals surface area contributed by atoms with Gasteiger partial charge >= 0.3 is 0 Å². The fourth-order valence-electron chi connectivity index (χ4n) is 1.36. The fraction of sp³-hybridized carbons (Fsp3) is 0.500. The first-order valence-corrected chi connectivity index (χ1v) is 5.59. The van der Waals surface area contributed by atoms with Gasteiger partial charge < -0.3 is 10.4 Å². The summed E-state index contributed by atoms with van der Waals surface area (Å²) in [5.74, 6) is 1.30. The number of aliphatic hydroxyl groups is 1. The van der Waals surface area contributed by atoms with Crippen LogP contribution in [0.1, 0.15) is 12.8 Å². The lowest BCUT2D eigenvalue weighted by Crippen LogP contribution is -2.21. The highest BCUT2D eigenvalue weighted by Crippen LogP contribution is 2.32. The van der Waals surface area contributed by atoms with Gasteiger partial charge in [0.05, 0.1) is 10.6 Å². The Balaban J connectivity index is 1.87. The monoisotopic (exact) mass is 256 g/mol. The molecule has 1 aromatic rings. The number of hydrogen-bond acceptors (Lipinski definition) is 3. The van der Waals surface area contributed by atoms with Gasteiger partial charge in [0.25, 0.3) is 0 Å². The third-order valence-corrected chi connectivity index (χ3v) is 3.04. The van der Waals surface area contributed by atoms with Gasteiger partial charge in [-0.25, -0.2) is 4.98 Å². The highest BCUT2D eigenvalue weighted by atomic mass is 79.9. The van der Waals surface area contributed by atoms with Crippen molar-refractivity contribution in [2.45, 2.75) is 18.9 Å². The zero-order valence-electron chi connectivity index (χ0n) is 7.78. The zero-order valence-corrected chi connectivity index (χ0v) is 9.37. The van der Waals surface area contributed by atoms with Gasteiger partial charge in [-0.2, -0.15) is 0 Å². The van der Waals surface area contributed by atoms with Crippen LogP contribution in [0.15, 0.2) is 22.8 Å². The van der Waals surface area contributed by atoms with Crippen LogP contribution < -0.4 is 5.32 Å². The van der Waals surface area contributed by atoms with Crippen molar-refractivity contribution >= 4 is 21.7 Å². The fourth-order valence-corrected chi connectivity index (χ4v) is 1.76. The molecule has 2 rings (SSSR count). The molecule has 0 aromatic carbocycles. The van der Waals surface area contributed by atoms with Crippen LogP contribution in [0, 0.1) is 5.92 Å². The van der Waals surface area contributed by atoms with Crippen LogP contribution in [0.25, 0.3) is 0 Å². The van der Waals surface area contributed by atoms with Crippen LogP contribution in [0.3, 0.4) is 0 Å². The highest BCUT2D eigenvalue weighted by Gasteiger charge is 2.29. The molecule has 0 aliphatic heterocycles. The number of nitrogens with zero attached hydrogens (tertiary/aromatic N) is 1. The van der Waals surface area contributed by atoms with Crippen LogP contribution in [0.5, 0.6) is 0 Å². The van der Waals surface area contributed by atoms with Gasteiger partial charge in [0, 0.05) is 12.7 Å². The third-order valence-electron chi connectivity index (χ3n) is 2.40. The molecule has 1 heterocycles. The van der Waals surface area contributed by atoms with Crippen molar-refractivity contribution in [3.05, 3.63) is 22.8 Å². The standard InChI is InChI=1S/C10H13BrN2O/c11-8-2-1-5-12-10(8)13-6-9(14)7-3-4-7/h1-2,5,7,9,14H,3-4,6H2,(H,12,13). The van der Waals surface area contributed by atoms with Crippen LogP contribution in [-0.2, 0) is 0 Å². The van der Waals surface area contributed by atoms with E-state index in [1.165, 1.54) is 0 Å². The van der Waals surface area contributed by atoms with Crippen molar-refractivity contribution in [3.8, 4) is 0 Å². The van der Waals surface area contributed by atoms with Crippen molar-refractivity contribution in [3.63, 3.8) is 0 Å². The Morgan fingerprint density at radius 1 is 1.64 bits per heavy atom. The molecular formula is C10H13BrN2O. The summed E-state index contributed by atoms with van der Waals surface area (Å²) in [5, 5.41) is 12.8. The molecule has 76 valence electrons. The van der Waals surface area contributed by atoms with E-state index < -0.39 is 0 Å². The maximum atomic E-state index is 9.64. The Labute approximate surface area is 91.7 Å². The zero-order chi connectivity index (χ0) is 9.97. The van der Waals surface area contributed by atoms with E-state index in [9.17, 15) is 5.11 Å². The summed E-state index contributed by atoms with van der Waals surface area (Å²) in [5.41, 5.74) is 0. The number of anilines is 1. The summed E-state index contributed by atoms with van der Waals surface area (Å²) >= 11 is 3.39. The molecule has 2 N–H and O–H groups in total. The predicted octanol–water partition coefficient (Wildman–Crippen LogP) is 2.03. The van der Waals surface area contributed by atoms with Crippen molar-refractivity contribution in [2.24, 2.45) is 5.92 Å². The molecule has 1 saturated carbocycles. The normalized spacial score (nSPS) is 17.9. The van der Waals surface area contributed by atoms with Gasteiger partial charge in [0.1, 0.15) is 5.82 Å². The Bertz CT molecular complexity index is 315. The van der Waals surface area contributed by atoms with Gasteiger partial charge in [-0.3, -0.25) is 0 Å². The SMILES string of the molecule is OC(CNc1ncccc1Br)C1CC1. The minimum atomic E-state index is -0.232. The molecule has 1 aliphatic rings. The van der Waals surface area contributed by atoms with Gasteiger partial charge in [-0.1, -0.05) is 0 Å². The second-order valence-corrected chi connectivity index (χ2v) is 4.47. The molecular weight excluding hydrogens is 244 g/mol. The van der Waals surface area contributed by atoms with Gasteiger partial charge in [0.15, 0.2) is 0 Å². The van der Waals surface area contributed by atoms with E-state index >= 15 is 0 Å². The number of pyridine rings is 1. The lowest BCUT2D eigenvalue weighted by atomic mass is 10.2. The first kappa shape index (κ1) is 9.93. The molecule has 0 bridgehead atoms. The number of nitrogens with one attached hydrogen (secondary N) is 1. The molecule has 3 nitrogen and oxygen atoms in total. The van der Waals surface area contributed by atoms with Crippen molar-refractivity contribution in [1.29, 1.82) is 0 Å². The van der Waals surface area contributed by atoms with E-state index in [1.807, 2.05) is 12.1 Å². The van der Waals surface area contributed by atoms with Crippen molar-refractivity contribution < 1.29 is 5.11 Å². The molecule has 14 heavy (non-hydrogen) atoms. The van der Waals surface area contributed by atoms with Gasteiger partial charge in [-0.15, -0.1) is 0 Å². The summed E-state index contributed by atoms with van der Waals surface area (Å²) in [6.07, 6.45) is 3.82. The maximum Gasteiger partial charge on any atom is 0.140 e. The third kappa shape index (κ3) is 2.45. The van der Waals surface area contributed by atoms with E-state index in [0.717, 1.165) is 23.1 Å². The Hall–Kier alpha value is -0.610. The van der Waals surface area contributed by atoms with Crippen LogP contribution in [0.4, 0.5) is 5.82 Å².